The molecule has 0 aromatic heterocycles. The zero-order valence-electron chi connectivity index (χ0n) is 18.4. The van der Waals surface area contributed by atoms with Gasteiger partial charge in [0.1, 0.15) is 0 Å². The maximum atomic E-state index is 3.61. The van der Waals surface area contributed by atoms with Gasteiger partial charge in [0.15, 0.2) is 0 Å². The lowest BCUT2D eigenvalue weighted by molar-refractivity contribution is 0.386. The van der Waals surface area contributed by atoms with Crippen LogP contribution in [0.4, 0.5) is 0 Å². The quantitative estimate of drug-likeness (QED) is 0.333. The van der Waals surface area contributed by atoms with E-state index >= 15 is 0 Å². The minimum Gasteiger partial charge on any atom is -0.317 e. The molecule has 3 rings (SSSR count). The molecular weight excluding hydrogens is 431 g/mol. The van der Waals surface area contributed by atoms with E-state index in [-0.39, 0.29) is 30.2 Å². The summed E-state index contributed by atoms with van der Waals surface area (Å²) in [6, 6.07) is 18.2. The summed E-state index contributed by atoms with van der Waals surface area (Å²) in [5, 5.41) is 7.21. The van der Waals surface area contributed by atoms with Gasteiger partial charge < -0.3 is 10.6 Å². The summed E-state index contributed by atoms with van der Waals surface area (Å²) in [7, 11) is 0. The molecule has 2 nitrogen and oxygen atoms in total. The number of hydrogen-bond acceptors (Lipinski definition) is 3. The van der Waals surface area contributed by atoms with E-state index in [0.717, 1.165) is 26.2 Å². The molecular formula is C25H38Cl2N2S. The van der Waals surface area contributed by atoms with Crippen LogP contribution in [0.1, 0.15) is 63.5 Å². The van der Waals surface area contributed by atoms with Crippen molar-refractivity contribution in [2.24, 2.45) is 0 Å². The molecule has 0 amide bonds. The van der Waals surface area contributed by atoms with Crippen molar-refractivity contribution in [3.63, 3.8) is 0 Å². The highest BCUT2D eigenvalue weighted by Gasteiger charge is 2.39. The summed E-state index contributed by atoms with van der Waals surface area (Å²) >= 11 is 1.95. The molecule has 0 bridgehead atoms. The van der Waals surface area contributed by atoms with Gasteiger partial charge in [-0.05, 0) is 88.0 Å². The maximum Gasteiger partial charge on any atom is 0.0226 e. The lowest BCUT2D eigenvalue weighted by Crippen LogP contribution is -2.33. The molecule has 0 radical (unpaired) electrons. The molecule has 0 aliphatic carbocycles. The smallest absolute Gasteiger partial charge is 0.0226 e. The Balaban J connectivity index is 0.00000225. The first-order chi connectivity index (χ1) is 13.8. The van der Waals surface area contributed by atoms with Gasteiger partial charge in [0, 0.05) is 15.2 Å². The Kier molecular flexibility index (Phi) is 13.1. The van der Waals surface area contributed by atoms with Crippen LogP contribution in [0.3, 0.4) is 0 Å². The molecule has 1 aliphatic heterocycles. The van der Waals surface area contributed by atoms with Gasteiger partial charge in [-0.2, -0.15) is 0 Å². The van der Waals surface area contributed by atoms with E-state index in [9.17, 15) is 0 Å². The molecule has 2 aromatic rings. The Morgan fingerprint density at radius 1 is 0.667 bits per heavy atom. The standard InChI is InChI=1S/C25H36N2S.2ClH/c1-3-17-26-19-9-15-25(16-10-20-27-18-4-2)21-11-5-7-13-23(21)28-24-14-8-6-12-22(24)25;;/h5-8,11-14,26-27H,3-4,9-10,15-20H2,1-2H3;2*1H. The van der Waals surface area contributed by atoms with Crippen LogP contribution in [0, 0.1) is 0 Å². The topological polar surface area (TPSA) is 24.1 Å². The Morgan fingerprint density at radius 2 is 1.10 bits per heavy atom. The molecule has 30 heavy (non-hydrogen) atoms. The zero-order chi connectivity index (χ0) is 19.7. The predicted molar refractivity (Wildman–Crippen MR) is 137 cm³/mol. The second-order valence-electron chi connectivity index (χ2n) is 7.88. The number of nitrogens with one attached hydrogen (secondary N) is 2. The number of rotatable bonds is 12. The van der Waals surface area contributed by atoms with Crippen molar-refractivity contribution < 1.29 is 0 Å². The van der Waals surface area contributed by atoms with E-state index in [2.05, 4.69) is 73.0 Å². The largest absolute Gasteiger partial charge is 0.317 e. The minimum absolute atomic E-state index is 0. The van der Waals surface area contributed by atoms with Gasteiger partial charge in [-0.3, -0.25) is 0 Å². The molecule has 2 N–H and O–H groups in total. The van der Waals surface area contributed by atoms with Gasteiger partial charge in [-0.1, -0.05) is 62.0 Å². The fourth-order valence-electron chi connectivity index (χ4n) is 4.46. The first-order valence-electron chi connectivity index (χ1n) is 11.1. The van der Waals surface area contributed by atoms with Crippen LogP contribution in [-0.2, 0) is 5.41 Å². The Hall–Kier alpha value is -0.710. The maximum absolute atomic E-state index is 3.61. The van der Waals surface area contributed by atoms with Gasteiger partial charge >= 0.3 is 0 Å². The summed E-state index contributed by atoms with van der Waals surface area (Å²) in [5.41, 5.74) is 3.23. The van der Waals surface area contributed by atoms with Crippen molar-refractivity contribution in [2.75, 3.05) is 26.2 Å². The van der Waals surface area contributed by atoms with Crippen LogP contribution in [0.15, 0.2) is 58.3 Å². The Labute approximate surface area is 200 Å². The molecule has 2 aromatic carbocycles. The van der Waals surface area contributed by atoms with E-state index in [1.807, 2.05) is 11.8 Å². The lowest BCUT2D eigenvalue weighted by Gasteiger charge is -2.41. The van der Waals surface area contributed by atoms with Crippen molar-refractivity contribution in [3.05, 3.63) is 59.7 Å². The van der Waals surface area contributed by atoms with Crippen molar-refractivity contribution >= 4 is 36.6 Å². The monoisotopic (exact) mass is 468 g/mol. The first kappa shape index (κ1) is 27.3. The fraction of sp³-hybridized carbons (Fsp3) is 0.520. The third-order valence-corrected chi connectivity index (χ3v) is 6.94. The first-order valence-corrected chi connectivity index (χ1v) is 11.9. The second kappa shape index (κ2) is 14.4. The van der Waals surface area contributed by atoms with Crippen LogP contribution in [0.5, 0.6) is 0 Å². The van der Waals surface area contributed by atoms with Gasteiger partial charge in [0.25, 0.3) is 0 Å². The Morgan fingerprint density at radius 3 is 1.53 bits per heavy atom. The fourth-order valence-corrected chi connectivity index (χ4v) is 5.74. The van der Waals surface area contributed by atoms with Gasteiger partial charge in [0.2, 0.25) is 0 Å². The second-order valence-corrected chi connectivity index (χ2v) is 8.97. The Bertz CT molecular complexity index is 677. The third-order valence-electron chi connectivity index (χ3n) is 5.79. The normalized spacial score (nSPS) is 13.5. The average molecular weight is 470 g/mol. The van der Waals surface area contributed by atoms with Crippen LogP contribution >= 0.6 is 36.6 Å². The van der Waals surface area contributed by atoms with Crippen molar-refractivity contribution in [1.29, 1.82) is 0 Å². The van der Waals surface area contributed by atoms with Crippen molar-refractivity contribution in [2.45, 2.75) is 67.6 Å². The molecule has 1 heterocycles. The minimum atomic E-state index is 0. The summed E-state index contributed by atoms with van der Waals surface area (Å²) in [6.45, 7) is 8.95. The van der Waals surface area contributed by atoms with Gasteiger partial charge in [0.05, 0.1) is 0 Å². The number of fused-ring (bicyclic) bond motifs is 2. The number of hydrogen-bond donors (Lipinski definition) is 2. The molecule has 1 aliphatic rings. The van der Waals surface area contributed by atoms with E-state index in [1.54, 1.807) is 11.1 Å². The van der Waals surface area contributed by atoms with Crippen LogP contribution in [-0.4, -0.2) is 26.2 Å². The number of benzene rings is 2. The molecule has 0 saturated heterocycles. The molecule has 0 spiro atoms. The zero-order valence-corrected chi connectivity index (χ0v) is 20.9. The highest BCUT2D eigenvalue weighted by molar-refractivity contribution is 7.99. The third kappa shape index (κ3) is 6.64. The summed E-state index contributed by atoms with van der Waals surface area (Å²) in [6.07, 6.45) is 7.27. The van der Waals surface area contributed by atoms with E-state index in [1.165, 1.54) is 48.3 Å². The lowest BCUT2D eigenvalue weighted by atomic mass is 9.68. The summed E-state index contributed by atoms with van der Waals surface area (Å²) in [4.78, 5) is 2.90. The molecule has 0 atom stereocenters. The summed E-state index contributed by atoms with van der Waals surface area (Å²) in [5.74, 6) is 0. The van der Waals surface area contributed by atoms with Crippen molar-refractivity contribution in [1.82, 2.24) is 10.6 Å². The molecule has 5 heteroatoms. The van der Waals surface area contributed by atoms with Crippen LogP contribution in [0.2, 0.25) is 0 Å². The van der Waals surface area contributed by atoms with Crippen LogP contribution in [0.25, 0.3) is 0 Å². The molecule has 0 unspecified atom stereocenters. The van der Waals surface area contributed by atoms with E-state index in [4.69, 9.17) is 0 Å². The molecule has 168 valence electrons. The highest BCUT2D eigenvalue weighted by Crippen LogP contribution is 2.53. The molecule has 0 fully saturated rings. The predicted octanol–water partition coefficient (Wildman–Crippen LogP) is 6.84. The average Bonchev–Trinajstić information content (AvgIpc) is 2.73. The SMILES string of the molecule is CCCNCCCC1(CCCNCCC)c2ccccc2Sc2ccccc21.Cl.Cl. The highest BCUT2D eigenvalue weighted by atomic mass is 35.5. The van der Waals surface area contributed by atoms with Gasteiger partial charge in [-0.15, -0.1) is 24.8 Å². The summed E-state index contributed by atoms with van der Waals surface area (Å²) < 4.78 is 0. The molecule has 0 saturated carbocycles. The van der Waals surface area contributed by atoms with E-state index in [0.29, 0.717) is 0 Å². The van der Waals surface area contributed by atoms with Crippen molar-refractivity contribution in [3.8, 4) is 0 Å². The van der Waals surface area contributed by atoms with E-state index < -0.39 is 0 Å². The number of halogens is 2. The van der Waals surface area contributed by atoms with Gasteiger partial charge in [-0.25, -0.2) is 0 Å². The van der Waals surface area contributed by atoms with Crippen LogP contribution < -0.4 is 10.6 Å².